The van der Waals surface area contributed by atoms with Gasteiger partial charge in [-0.15, -0.1) is 0 Å². The molecule has 1 nitrogen and oxygen atoms in total. The predicted octanol–water partition coefficient (Wildman–Crippen LogP) is 2.25. The van der Waals surface area contributed by atoms with Crippen molar-refractivity contribution in [1.29, 1.82) is 0 Å². The zero-order valence-corrected chi connectivity index (χ0v) is 7.41. The minimum atomic E-state index is -0.232. The first-order valence-corrected chi connectivity index (χ1v) is 4.61. The van der Waals surface area contributed by atoms with Gasteiger partial charge in [-0.1, -0.05) is 24.3 Å². The van der Waals surface area contributed by atoms with Gasteiger partial charge in [-0.05, 0) is 29.4 Å². The fourth-order valence-electron chi connectivity index (χ4n) is 1.84. The van der Waals surface area contributed by atoms with E-state index in [9.17, 15) is 4.39 Å². The molecule has 1 aliphatic rings. The van der Waals surface area contributed by atoms with Gasteiger partial charge < -0.3 is 5.11 Å². The maximum atomic E-state index is 12.3. The lowest BCUT2D eigenvalue weighted by Crippen LogP contribution is -1.93. The van der Waals surface area contributed by atoms with Gasteiger partial charge in [0.05, 0.1) is 13.3 Å². The van der Waals surface area contributed by atoms with Crippen molar-refractivity contribution in [3.8, 4) is 0 Å². The molecule has 0 bridgehead atoms. The molecule has 2 rings (SSSR count). The summed E-state index contributed by atoms with van der Waals surface area (Å²) in [6.07, 6.45) is 0.938. The van der Waals surface area contributed by atoms with Gasteiger partial charge in [0.25, 0.3) is 0 Å². The Bertz CT molecular complexity index is 298. The van der Waals surface area contributed by atoms with Crippen molar-refractivity contribution < 1.29 is 9.50 Å². The normalized spacial score (nSPS) is 26.0. The minimum absolute atomic E-state index is 0.0612. The van der Waals surface area contributed by atoms with E-state index in [0.29, 0.717) is 5.92 Å². The number of aliphatic hydroxyl groups is 1. The van der Waals surface area contributed by atoms with Crippen LogP contribution in [0.15, 0.2) is 24.3 Å². The molecule has 1 fully saturated rings. The standard InChI is InChI=1S/C11H13FO/c12-6-9-5-11(9)10-4-2-1-3-8(10)7-13/h1-4,9,11,13H,5-7H2. The van der Waals surface area contributed by atoms with Gasteiger partial charge in [-0.25, -0.2) is 0 Å². The fraction of sp³-hybridized carbons (Fsp3) is 0.455. The zero-order valence-electron chi connectivity index (χ0n) is 7.41. The number of aliphatic hydroxyl groups excluding tert-OH is 1. The van der Waals surface area contributed by atoms with Crippen LogP contribution in [0.2, 0.25) is 0 Å². The Balaban J connectivity index is 2.20. The van der Waals surface area contributed by atoms with Crippen LogP contribution in [0.3, 0.4) is 0 Å². The Morgan fingerprint density at radius 2 is 2.15 bits per heavy atom. The maximum Gasteiger partial charge on any atom is 0.0928 e. The molecule has 0 radical (unpaired) electrons. The summed E-state index contributed by atoms with van der Waals surface area (Å²) in [6, 6.07) is 7.75. The largest absolute Gasteiger partial charge is 0.392 e. The molecule has 2 unspecified atom stereocenters. The third-order valence-electron chi connectivity index (χ3n) is 2.75. The van der Waals surface area contributed by atoms with E-state index in [-0.39, 0.29) is 19.2 Å². The molecule has 1 aromatic carbocycles. The summed E-state index contributed by atoms with van der Waals surface area (Å²) >= 11 is 0. The summed E-state index contributed by atoms with van der Waals surface area (Å²) in [5.74, 6) is 0.557. The Morgan fingerprint density at radius 3 is 2.77 bits per heavy atom. The van der Waals surface area contributed by atoms with E-state index in [1.165, 1.54) is 0 Å². The van der Waals surface area contributed by atoms with E-state index >= 15 is 0 Å². The molecule has 13 heavy (non-hydrogen) atoms. The van der Waals surface area contributed by atoms with Crippen LogP contribution in [0.4, 0.5) is 4.39 Å². The summed E-state index contributed by atoms with van der Waals surface area (Å²) in [6.45, 7) is -0.171. The van der Waals surface area contributed by atoms with Gasteiger partial charge in [-0.3, -0.25) is 4.39 Å². The first kappa shape index (κ1) is 8.70. The molecule has 0 spiro atoms. The van der Waals surface area contributed by atoms with E-state index < -0.39 is 0 Å². The lowest BCUT2D eigenvalue weighted by Gasteiger charge is -2.05. The topological polar surface area (TPSA) is 20.2 Å². The molecule has 0 amide bonds. The summed E-state index contributed by atoms with van der Waals surface area (Å²) in [4.78, 5) is 0. The summed E-state index contributed by atoms with van der Waals surface area (Å²) < 4.78 is 12.3. The van der Waals surface area contributed by atoms with Crippen molar-refractivity contribution in [2.24, 2.45) is 5.92 Å². The van der Waals surface area contributed by atoms with E-state index in [2.05, 4.69) is 0 Å². The van der Waals surface area contributed by atoms with Gasteiger partial charge >= 0.3 is 0 Å². The highest BCUT2D eigenvalue weighted by atomic mass is 19.1. The number of halogens is 1. The fourth-order valence-corrected chi connectivity index (χ4v) is 1.84. The summed E-state index contributed by atoms with van der Waals surface area (Å²) in [5, 5.41) is 9.06. The van der Waals surface area contributed by atoms with Crippen LogP contribution in [0.25, 0.3) is 0 Å². The van der Waals surface area contributed by atoms with Crippen molar-refractivity contribution in [2.45, 2.75) is 18.9 Å². The number of hydrogen-bond donors (Lipinski definition) is 1. The average molecular weight is 180 g/mol. The molecule has 1 N–H and O–H groups in total. The van der Waals surface area contributed by atoms with E-state index in [4.69, 9.17) is 5.11 Å². The van der Waals surface area contributed by atoms with E-state index in [1.54, 1.807) is 0 Å². The van der Waals surface area contributed by atoms with Crippen LogP contribution in [0.1, 0.15) is 23.5 Å². The molecule has 0 heterocycles. The smallest absolute Gasteiger partial charge is 0.0928 e. The number of alkyl halides is 1. The van der Waals surface area contributed by atoms with Crippen LogP contribution in [-0.2, 0) is 6.61 Å². The monoisotopic (exact) mass is 180 g/mol. The Labute approximate surface area is 77.2 Å². The lowest BCUT2D eigenvalue weighted by molar-refractivity contribution is 0.280. The van der Waals surface area contributed by atoms with Gasteiger partial charge in [0.1, 0.15) is 0 Å². The first-order valence-electron chi connectivity index (χ1n) is 4.61. The molecule has 1 aromatic rings. The highest BCUT2D eigenvalue weighted by molar-refractivity contribution is 5.34. The number of benzene rings is 1. The first-order chi connectivity index (χ1) is 6.36. The van der Waals surface area contributed by atoms with Crippen molar-refractivity contribution >= 4 is 0 Å². The Hall–Kier alpha value is -0.890. The quantitative estimate of drug-likeness (QED) is 0.756. The number of rotatable bonds is 3. The molecule has 2 heteroatoms. The molecule has 0 aliphatic heterocycles. The van der Waals surface area contributed by atoms with Crippen molar-refractivity contribution in [3.05, 3.63) is 35.4 Å². The van der Waals surface area contributed by atoms with Crippen molar-refractivity contribution in [3.63, 3.8) is 0 Å². The van der Waals surface area contributed by atoms with Crippen LogP contribution in [0.5, 0.6) is 0 Å². The third-order valence-corrected chi connectivity index (χ3v) is 2.75. The van der Waals surface area contributed by atoms with Crippen LogP contribution in [0, 0.1) is 5.92 Å². The van der Waals surface area contributed by atoms with Crippen molar-refractivity contribution in [1.82, 2.24) is 0 Å². The molecule has 70 valence electrons. The SMILES string of the molecule is OCc1ccccc1C1CC1CF. The number of hydrogen-bond acceptors (Lipinski definition) is 1. The van der Waals surface area contributed by atoms with Crippen LogP contribution >= 0.6 is 0 Å². The Kier molecular flexibility index (Phi) is 2.32. The molecule has 0 aromatic heterocycles. The zero-order chi connectivity index (χ0) is 9.26. The lowest BCUT2D eigenvalue weighted by atomic mass is 10.0. The Morgan fingerprint density at radius 1 is 1.38 bits per heavy atom. The van der Waals surface area contributed by atoms with Crippen LogP contribution in [-0.4, -0.2) is 11.8 Å². The maximum absolute atomic E-state index is 12.3. The van der Waals surface area contributed by atoms with E-state index in [0.717, 1.165) is 17.5 Å². The highest BCUT2D eigenvalue weighted by Crippen LogP contribution is 2.48. The molecule has 1 saturated carbocycles. The molecule has 1 aliphatic carbocycles. The van der Waals surface area contributed by atoms with Gasteiger partial charge in [-0.2, -0.15) is 0 Å². The second-order valence-electron chi connectivity index (χ2n) is 3.61. The molecule has 0 saturated heterocycles. The van der Waals surface area contributed by atoms with Crippen molar-refractivity contribution in [2.75, 3.05) is 6.67 Å². The molecule has 2 atom stereocenters. The van der Waals surface area contributed by atoms with Gasteiger partial charge in [0.15, 0.2) is 0 Å². The second-order valence-corrected chi connectivity index (χ2v) is 3.61. The average Bonchev–Trinajstić information content (AvgIpc) is 2.96. The van der Waals surface area contributed by atoms with Crippen LogP contribution < -0.4 is 0 Å². The van der Waals surface area contributed by atoms with E-state index in [1.807, 2.05) is 24.3 Å². The summed E-state index contributed by atoms with van der Waals surface area (Å²) in [5.41, 5.74) is 2.08. The van der Waals surface area contributed by atoms with Gasteiger partial charge in [0, 0.05) is 0 Å². The van der Waals surface area contributed by atoms with Gasteiger partial charge in [0.2, 0.25) is 0 Å². The second kappa shape index (κ2) is 3.46. The molecular weight excluding hydrogens is 167 g/mol. The predicted molar refractivity (Wildman–Crippen MR) is 49.2 cm³/mol. The third kappa shape index (κ3) is 1.59. The highest BCUT2D eigenvalue weighted by Gasteiger charge is 2.39. The minimum Gasteiger partial charge on any atom is -0.392 e. The molecular formula is C11H13FO. The summed E-state index contributed by atoms with van der Waals surface area (Å²) in [7, 11) is 0.